The zero-order valence-corrected chi connectivity index (χ0v) is 8.85. The van der Waals surface area contributed by atoms with Gasteiger partial charge < -0.3 is 15.8 Å². The number of amides is 1. The van der Waals surface area contributed by atoms with Crippen molar-refractivity contribution in [1.82, 2.24) is 5.32 Å². The first-order valence-electron chi connectivity index (χ1n) is 4.69. The van der Waals surface area contributed by atoms with Gasteiger partial charge in [0, 0.05) is 34.9 Å². The Labute approximate surface area is 85.8 Å². The highest BCUT2D eigenvalue weighted by molar-refractivity contribution is 7.85. The molecule has 0 spiro atoms. The van der Waals surface area contributed by atoms with E-state index in [1.165, 1.54) is 0 Å². The van der Waals surface area contributed by atoms with Gasteiger partial charge in [0.05, 0.1) is 0 Å². The molecule has 0 unspecified atom stereocenters. The van der Waals surface area contributed by atoms with Crippen LogP contribution in [0.25, 0.3) is 0 Å². The number of hydrogen-bond acceptors (Lipinski definition) is 4. The Hall–Kier alpha value is -0.620. The smallest absolute Gasteiger partial charge is 0.404 e. The number of primary amides is 1. The van der Waals surface area contributed by atoms with Crippen LogP contribution in [0.3, 0.4) is 0 Å². The third kappa shape index (κ3) is 4.57. The first kappa shape index (κ1) is 11.5. The molecule has 1 heterocycles. The van der Waals surface area contributed by atoms with Crippen LogP contribution in [0.2, 0.25) is 0 Å². The predicted octanol–water partition coefficient (Wildman–Crippen LogP) is -0.418. The maximum Gasteiger partial charge on any atom is 0.404 e. The van der Waals surface area contributed by atoms with Gasteiger partial charge in [-0.2, -0.15) is 0 Å². The molecule has 0 radical (unpaired) electrons. The summed E-state index contributed by atoms with van der Waals surface area (Å²) in [6.45, 7) is 0.912. The molecule has 1 fully saturated rings. The van der Waals surface area contributed by atoms with Crippen LogP contribution < -0.4 is 11.1 Å². The van der Waals surface area contributed by atoms with Crippen molar-refractivity contribution in [3.05, 3.63) is 0 Å². The summed E-state index contributed by atoms with van der Waals surface area (Å²) in [6.07, 6.45) is 1.13. The van der Waals surface area contributed by atoms with E-state index in [-0.39, 0.29) is 0 Å². The normalized spacial score (nSPS) is 27.1. The van der Waals surface area contributed by atoms with Crippen molar-refractivity contribution in [3.63, 3.8) is 0 Å². The molecule has 0 atom stereocenters. The average Bonchev–Trinajstić information content (AvgIpc) is 2.15. The van der Waals surface area contributed by atoms with Crippen LogP contribution in [-0.2, 0) is 15.5 Å². The monoisotopic (exact) mass is 220 g/mol. The Kier molecular flexibility index (Phi) is 4.89. The molecule has 3 N–H and O–H groups in total. The largest absolute Gasteiger partial charge is 0.448 e. The number of hydrogen-bond donors (Lipinski definition) is 2. The van der Waals surface area contributed by atoms with E-state index in [1.807, 2.05) is 0 Å². The van der Waals surface area contributed by atoms with Gasteiger partial charge in [0.25, 0.3) is 0 Å². The van der Waals surface area contributed by atoms with E-state index in [2.05, 4.69) is 10.1 Å². The molecule has 6 heteroatoms. The third-order valence-corrected chi connectivity index (χ3v) is 3.55. The Bertz CT molecular complexity index is 213. The fourth-order valence-electron chi connectivity index (χ4n) is 1.41. The second-order valence-corrected chi connectivity index (χ2v) is 4.94. The van der Waals surface area contributed by atoms with Crippen molar-refractivity contribution < 1.29 is 13.7 Å². The van der Waals surface area contributed by atoms with Gasteiger partial charge in [-0.1, -0.05) is 0 Å². The summed E-state index contributed by atoms with van der Waals surface area (Å²) >= 11 is 0. The molecule has 0 aromatic heterocycles. The van der Waals surface area contributed by atoms with E-state index in [4.69, 9.17) is 5.73 Å². The van der Waals surface area contributed by atoms with E-state index >= 15 is 0 Å². The van der Waals surface area contributed by atoms with Crippen LogP contribution in [-0.4, -0.2) is 41.0 Å². The number of nitrogens with two attached hydrogens (primary N) is 1. The summed E-state index contributed by atoms with van der Waals surface area (Å²) in [6, 6.07) is 0.407. The summed E-state index contributed by atoms with van der Waals surface area (Å²) in [5.41, 5.74) is 4.80. The van der Waals surface area contributed by atoms with Crippen molar-refractivity contribution in [2.24, 2.45) is 5.73 Å². The first-order chi connectivity index (χ1) is 6.68. The molecular weight excluding hydrogens is 204 g/mol. The minimum absolute atomic E-state index is 0.301. The molecule has 82 valence electrons. The molecule has 1 aliphatic rings. The van der Waals surface area contributed by atoms with Crippen molar-refractivity contribution in [2.45, 2.75) is 18.9 Å². The maximum absolute atomic E-state index is 11.0. The molecule has 0 bridgehead atoms. The van der Waals surface area contributed by atoms with E-state index in [0.29, 0.717) is 19.2 Å². The fraction of sp³-hybridized carbons (Fsp3) is 0.875. The van der Waals surface area contributed by atoms with E-state index in [0.717, 1.165) is 24.3 Å². The second kappa shape index (κ2) is 5.98. The highest BCUT2D eigenvalue weighted by Gasteiger charge is 2.16. The number of carbonyl (C=O) groups excluding carboxylic acids is 1. The van der Waals surface area contributed by atoms with Crippen LogP contribution in [0.4, 0.5) is 4.79 Å². The molecule has 0 saturated carbocycles. The standard InChI is InChI=1S/C8H16N2O3S/c9-8(11)13-4-3-10-7-1-5-14(12)6-2-7/h7,10H,1-6H2,(H2,9,11). The van der Waals surface area contributed by atoms with Crippen molar-refractivity contribution in [2.75, 3.05) is 24.7 Å². The molecule has 1 saturated heterocycles. The minimum atomic E-state index is -0.739. The third-order valence-electron chi connectivity index (χ3n) is 2.17. The number of ether oxygens (including phenoxy) is 1. The van der Waals surface area contributed by atoms with Crippen LogP contribution in [0.15, 0.2) is 0 Å². The van der Waals surface area contributed by atoms with Gasteiger partial charge in [0.2, 0.25) is 0 Å². The van der Waals surface area contributed by atoms with E-state index in [1.54, 1.807) is 0 Å². The van der Waals surface area contributed by atoms with Gasteiger partial charge in [-0.3, -0.25) is 4.21 Å². The van der Waals surface area contributed by atoms with Gasteiger partial charge in [0.15, 0.2) is 0 Å². The van der Waals surface area contributed by atoms with Gasteiger partial charge in [-0.05, 0) is 12.8 Å². The summed E-state index contributed by atoms with van der Waals surface area (Å²) < 4.78 is 15.6. The molecule has 0 aromatic rings. The maximum atomic E-state index is 11.0. The highest BCUT2D eigenvalue weighted by atomic mass is 32.2. The molecule has 0 aromatic carbocycles. The fourth-order valence-corrected chi connectivity index (χ4v) is 2.71. The lowest BCUT2D eigenvalue weighted by atomic mass is 10.1. The highest BCUT2D eigenvalue weighted by Crippen LogP contribution is 2.08. The Morgan fingerprint density at radius 1 is 1.50 bits per heavy atom. The molecule has 1 aliphatic heterocycles. The summed E-state index contributed by atoms with van der Waals surface area (Å²) in [7, 11) is -0.621. The zero-order valence-electron chi connectivity index (χ0n) is 8.03. The van der Waals surface area contributed by atoms with Crippen LogP contribution in [0.1, 0.15) is 12.8 Å². The Balaban J connectivity index is 2.02. The molecule has 5 nitrogen and oxygen atoms in total. The number of carbonyl (C=O) groups is 1. The van der Waals surface area contributed by atoms with Crippen LogP contribution >= 0.6 is 0 Å². The summed E-state index contributed by atoms with van der Waals surface area (Å²) in [5, 5.41) is 3.23. The summed E-state index contributed by atoms with van der Waals surface area (Å²) in [4.78, 5) is 10.2. The average molecular weight is 220 g/mol. The zero-order chi connectivity index (χ0) is 10.4. The lowest BCUT2D eigenvalue weighted by Crippen LogP contribution is -2.37. The molecular formula is C8H16N2O3S. The van der Waals surface area contributed by atoms with Gasteiger partial charge in [-0.15, -0.1) is 0 Å². The predicted molar refractivity (Wildman–Crippen MR) is 54.4 cm³/mol. The first-order valence-corrected chi connectivity index (χ1v) is 6.18. The summed E-state index contributed by atoms with van der Waals surface area (Å²) in [5.74, 6) is 1.54. The minimum Gasteiger partial charge on any atom is -0.448 e. The SMILES string of the molecule is NC(=O)OCCNC1CCS(=O)CC1. The number of rotatable bonds is 4. The lowest BCUT2D eigenvalue weighted by molar-refractivity contribution is 0.156. The lowest BCUT2D eigenvalue weighted by Gasteiger charge is -2.22. The van der Waals surface area contributed by atoms with Gasteiger partial charge in [-0.25, -0.2) is 4.79 Å². The Morgan fingerprint density at radius 3 is 2.71 bits per heavy atom. The molecule has 0 aliphatic carbocycles. The van der Waals surface area contributed by atoms with Crippen molar-refractivity contribution in [3.8, 4) is 0 Å². The van der Waals surface area contributed by atoms with E-state index < -0.39 is 16.9 Å². The molecule has 14 heavy (non-hydrogen) atoms. The quantitative estimate of drug-likeness (QED) is 0.631. The number of nitrogens with one attached hydrogen (secondary N) is 1. The van der Waals surface area contributed by atoms with Crippen molar-refractivity contribution in [1.29, 1.82) is 0 Å². The van der Waals surface area contributed by atoms with E-state index in [9.17, 15) is 9.00 Å². The van der Waals surface area contributed by atoms with Gasteiger partial charge >= 0.3 is 6.09 Å². The van der Waals surface area contributed by atoms with Crippen LogP contribution in [0, 0.1) is 0 Å². The molecule has 1 amide bonds. The molecule has 1 rings (SSSR count). The van der Waals surface area contributed by atoms with Crippen LogP contribution in [0.5, 0.6) is 0 Å². The second-order valence-electron chi connectivity index (χ2n) is 3.24. The van der Waals surface area contributed by atoms with Gasteiger partial charge in [0.1, 0.15) is 6.61 Å². The Morgan fingerprint density at radius 2 is 2.14 bits per heavy atom. The topological polar surface area (TPSA) is 81.4 Å². The van der Waals surface area contributed by atoms with Crippen molar-refractivity contribution >= 4 is 16.9 Å².